The number of nitrogens with zero attached hydrogens (tertiary/aromatic N) is 1. The van der Waals surface area contributed by atoms with E-state index in [4.69, 9.17) is 15.8 Å². The Balaban J connectivity index is 1.70. The Bertz CT molecular complexity index is 924. The third kappa shape index (κ3) is 3.28. The van der Waals surface area contributed by atoms with Crippen LogP contribution >= 0.6 is 11.6 Å². The van der Waals surface area contributed by atoms with E-state index < -0.39 is 10.1 Å². The summed E-state index contributed by atoms with van der Waals surface area (Å²) in [6.07, 6.45) is 4.08. The number of rotatable bonds is 5. The van der Waals surface area contributed by atoms with Gasteiger partial charge in [0.25, 0.3) is 10.1 Å². The number of piperidine rings is 1. The molecule has 7 heteroatoms. The monoisotopic (exact) mass is 396 g/mol. The summed E-state index contributed by atoms with van der Waals surface area (Å²) in [5.74, 6) is 0.593. The minimum absolute atomic E-state index is 0.212. The molecular formula is C19H25ClN2O3S. The number of benzene rings is 1. The molecule has 26 heavy (non-hydrogen) atoms. The summed E-state index contributed by atoms with van der Waals surface area (Å²) in [4.78, 5) is 5.82. The van der Waals surface area contributed by atoms with Gasteiger partial charge in [0.15, 0.2) is 0 Å². The molecular weight excluding hydrogens is 372 g/mol. The van der Waals surface area contributed by atoms with Crippen molar-refractivity contribution in [3.63, 3.8) is 0 Å². The first-order valence-electron chi connectivity index (χ1n) is 9.24. The van der Waals surface area contributed by atoms with Crippen molar-refractivity contribution in [1.29, 1.82) is 0 Å². The third-order valence-electron chi connectivity index (χ3n) is 5.76. The predicted octanol–water partition coefficient (Wildman–Crippen LogP) is 3.54. The number of H-pyrrole nitrogens is 1. The number of likely N-dealkylation sites (tertiary alicyclic amines) is 1. The maximum Gasteiger partial charge on any atom is 0.264 e. The highest BCUT2D eigenvalue weighted by Crippen LogP contribution is 2.46. The minimum atomic E-state index is -3.41. The Labute approximate surface area is 159 Å². The van der Waals surface area contributed by atoms with E-state index >= 15 is 0 Å². The zero-order chi connectivity index (χ0) is 18.5. The van der Waals surface area contributed by atoms with Gasteiger partial charge in [0.1, 0.15) is 5.15 Å². The largest absolute Gasteiger partial charge is 0.345 e. The van der Waals surface area contributed by atoms with E-state index in [1.54, 1.807) is 0 Å². The van der Waals surface area contributed by atoms with E-state index in [-0.39, 0.29) is 12.5 Å². The molecule has 3 atom stereocenters. The fourth-order valence-electron chi connectivity index (χ4n) is 4.83. The number of aromatic amines is 1. The zero-order valence-corrected chi connectivity index (χ0v) is 16.7. The summed E-state index contributed by atoms with van der Waals surface area (Å²) in [6.45, 7) is 4.32. The van der Waals surface area contributed by atoms with Crippen molar-refractivity contribution in [3.05, 3.63) is 34.5 Å². The minimum Gasteiger partial charge on any atom is -0.345 e. The Hall–Kier alpha value is -1.08. The normalized spacial score (nSPS) is 26.2. The number of aromatic nitrogens is 1. The van der Waals surface area contributed by atoms with Gasteiger partial charge in [-0.15, -0.1) is 0 Å². The molecule has 2 unspecified atom stereocenters. The Morgan fingerprint density at radius 1 is 1.38 bits per heavy atom. The molecule has 1 N–H and O–H groups in total. The number of fused-ring (bicyclic) bond motifs is 2. The summed E-state index contributed by atoms with van der Waals surface area (Å²) in [6, 6.07) is 6.77. The molecule has 0 radical (unpaired) electrons. The highest BCUT2D eigenvalue weighted by Gasteiger charge is 2.41. The van der Waals surface area contributed by atoms with Crippen molar-refractivity contribution in [1.82, 2.24) is 9.88 Å². The van der Waals surface area contributed by atoms with Crippen molar-refractivity contribution in [2.45, 2.75) is 38.1 Å². The standard InChI is InChI=1S/C19H25ClN2O3S/c1-3-7-22-10-12(11-25-26(2,23)24)8-14-13-5-4-6-16-18(13)15(9-17(14)22)19(20)21-16/h4-6,12,14,17,21H,3,7-11H2,1-2H3/t12?,14?,17-/m1/s1. The second-order valence-electron chi connectivity index (χ2n) is 7.65. The number of nitrogens with one attached hydrogen (secondary N) is 1. The summed E-state index contributed by atoms with van der Waals surface area (Å²) >= 11 is 6.50. The van der Waals surface area contributed by atoms with Crippen molar-refractivity contribution < 1.29 is 12.6 Å². The fraction of sp³-hybridized carbons (Fsp3) is 0.579. The Morgan fingerprint density at radius 3 is 2.92 bits per heavy atom. The molecule has 4 rings (SSSR count). The van der Waals surface area contributed by atoms with Crippen LogP contribution in [0, 0.1) is 5.92 Å². The molecule has 2 heterocycles. The first-order valence-corrected chi connectivity index (χ1v) is 11.4. The average Bonchev–Trinajstić information content (AvgIpc) is 2.90. The van der Waals surface area contributed by atoms with Crippen molar-refractivity contribution in [3.8, 4) is 0 Å². The SMILES string of the molecule is CCCN1CC(COS(C)(=O)=O)CC2c3cccc4[nH]c(Cl)c(c34)C[C@H]21. The smallest absolute Gasteiger partial charge is 0.264 e. The molecule has 0 amide bonds. The van der Waals surface area contributed by atoms with Gasteiger partial charge in [-0.1, -0.05) is 30.7 Å². The lowest BCUT2D eigenvalue weighted by atomic mass is 9.72. The van der Waals surface area contributed by atoms with Gasteiger partial charge in [-0.3, -0.25) is 9.08 Å². The molecule has 1 aromatic heterocycles. The van der Waals surface area contributed by atoms with Crippen LogP contribution in [0.4, 0.5) is 0 Å². The van der Waals surface area contributed by atoms with E-state index in [1.807, 2.05) is 0 Å². The molecule has 1 aliphatic carbocycles. The summed E-state index contributed by atoms with van der Waals surface area (Å²) < 4.78 is 28.0. The van der Waals surface area contributed by atoms with Gasteiger partial charge in [0.2, 0.25) is 0 Å². The van der Waals surface area contributed by atoms with Crippen LogP contribution in [0.3, 0.4) is 0 Å². The number of hydrogen-bond donors (Lipinski definition) is 1. The van der Waals surface area contributed by atoms with Crippen LogP contribution in [0.25, 0.3) is 10.9 Å². The maximum atomic E-state index is 11.4. The Morgan fingerprint density at radius 2 is 2.19 bits per heavy atom. The zero-order valence-electron chi connectivity index (χ0n) is 15.2. The molecule has 5 nitrogen and oxygen atoms in total. The lowest BCUT2D eigenvalue weighted by molar-refractivity contribution is 0.0640. The molecule has 1 fully saturated rings. The van der Waals surface area contributed by atoms with Crippen LogP contribution < -0.4 is 0 Å². The first-order chi connectivity index (χ1) is 12.4. The molecule has 2 aromatic rings. The third-order valence-corrected chi connectivity index (χ3v) is 6.65. The molecule has 1 saturated heterocycles. The topological polar surface area (TPSA) is 62.4 Å². The fourth-order valence-corrected chi connectivity index (χ4v) is 5.54. The lowest BCUT2D eigenvalue weighted by Crippen LogP contribution is -2.51. The van der Waals surface area contributed by atoms with Crippen LogP contribution in [-0.4, -0.2) is 50.3 Å². The van der Waals surface area contributed by atoms with E-state index in [1.165, 1.54) is 16.5 Å². The highest BCUT2D eigenvalue weighted by molar-refractivity contribution is 7.85. The van der Waals surface area contributed by atoms with E-state index in [0.717, 1.165) is 49.3 Å². The Kier molecular flexibility index (Phi) is 4.80. The highest BCUT2D eigenvalue weighted by atomic mass is 35.5. The van der Waals surface area contributed by atoms with E-state index in [9.17, 15) is 8.42 Å². The summed E-state index contributed by atoms with van der Waals surface area (Å²) in [5, 5.41) is 2.02. The molecule has 142 valence electrons. The predicted molar refractivity (Wildman–Crippen MR) is 104 cm³/mol. The van der Waals surface area contributed by atoms with Crippen LogP contribution in [0.15, 0.2) is 18.2 Å². The van der Waals surface area contributed by atoms with E-state index in [2.05, 4.69) is 35.0 Å². The van der Waals surface area contributed by atoms with Crippen LogP contribution in [0.1, 0.15) is 36.8 Å². The van der Waals surface area contributed by atoms with Gasteiger partial charge >= 0.3 is 0 Å². The summed E-state index contributed by atoms with van der Waals surface area (Å²) in [5.41, 5.74) is 3.66. The molecule has 0 saturated carbocycles. The second-order valence-corrected chi connectivity index (χ2v) is 9.67. The average molecular weight is 397 g/mol. The van der Waals surface area contributed by atoms with Crippen LogP contribution in [-0.2, 0) is 20.7 Å². The molecule has 0 spiro atoms. The van der Waals surface area contributed by atoms with Gasteiger partial charge in [0.05, 0.1) is 12.9 Å². The molecule has 2 aliphatic rings. The van der Waals surface area contributed by atoms with Crippen LogP contribution in [0.2, 0.25) is 5.15 Å². The van der Waals surface area contributed by atoms with Crippen LogP contribution in [0.5, 0.6) is 0 Å². The molecule has 1 aromatic carbocycles. The van der Waals surface area contributed by atoms with Gasteiger partial charge in [-0.25, -0.2) is 0 Å². The van der Waals surface area contributed by atoms with Crippen molar-refractivity contribution in [2.24, 2.45) is 5.92 Å². The number of hydrogen-bond acceptors (Lipinski definition) is 4. The molecule has 0 bridgehead atoms. The van der Waals surface area contributed by atoms with Gasteiger partial charge in [-0.2, -0.15) is 8.42 Å². The summed E-state index contributed by atoms with van der Waals surface area (Å²) in [7, 11) is -3.41. The first kappa shape index (κ1) is 18.3. The van der Waals surface area contributed by atoms with Gasteiger partial charge < -0.3 is 4.98 Å². The quantitative estimate of drug-likeness (QED) is 0.785. The van der Waals surface area contributed by atoms with Gasteiger partial charge in [0, 0.05) is 29.4 Å². The van der Waals surface area contributed by atoms with Crippen molar-refractivity contribution in [2.75, 3.05) is 26.0 Å². The van der Waals surface area contributed by atoms with Gasteiger partial charge in [-0.05, 0) is 48.9 Å². The van der Waals surface area contributed by atoms with E-state index in [0.29, 0.717) is 12.0 Å². The molecule has 1 aliphatic heterocycles. The maximum absolute atomic E-state index is 11.4. The lowest BCUT2D eigenvalue weighted by Gasteiger charge is -2.47. The second kappa shape index (κ2) is 6.82. The number of halogens is 1. The van der Waals surface area contributed by atoms with Crippen molar-refractivity contribution >= 4 is 32.6 Å².